The second-order valence-electron chi connectivity index (χ2n) is 3.23. The fraction of sp³-hybridized carbons (Fsp3) is 0.300. The van der Waals surface area contributed by atoms with Crippen molar-refractivity contribution in [3.63, 3.8) is 0 Å². The molecule has 0 spiro atoms. The quantitative estimate of drug-likeness (QED) is 0.765. The van der Waals surface area contributed by atoms with E-state index in [0.29, 0.717) is 0 Å². The van der Waals surface area contributed by atoms with Crippen LogP contribution in [-0.4, -0.2) is 27.0 Å². The van der Waals surface area contributed by atoms with Crippen LogP contribution in [0.1, 0.15) is 16.8 Å². The molecule has 1 aromatic rings. The monoisotopic (exact) mass is 227 g/mol. The van der Waals surface area contributed by atoms with Gasteiger partial charge in [0.2, 0.25) is 0 Å². The van der Waals surface area contributed by atoms with Gasteiger partial charge in [0.05, 0.1) is 4.90 Å². The van der Waals surface area contributed by atoms with E-state index in [9.17, 15) is 13.2 Å². The molecule has 0 radical (unpaired) electrons. The molecular formula is C10H13NO3S. The lowest BCUT2D eigenvalue weighted by atomic mass is 10.1. The van der Waals surface area contributed by atoms with Crippen molar-refractivity contribution in [1.82, 2.24) is 0 Å². The van der Waals surface area contributed by atoms with Gasteiger partial charge in [0.25, 0.3) is 0 Å². The van der Waals surface area contributed by atoms with Crippen molar-refractivity contribution < 1.29 is 13.2 Å². The van der Waals surface area contributed by atoms with Crippen LogP contribution in [0.25, 0.3) is 0 Å². The molecule has 5 heteroatoms. The number of rotatable bonds is 4. The molecule has 0 saturated carbocycles. The number of carbonyl (C=O) groups excluding carboxylic acids is 1. The van der Waals surface area contributed by atoms with E-state index in [1.165, 1.54) is 12.1 Å². The summed E-state index contributed by atoms with van der Waals surface area (Å²) in [5.74, 6) is -0.237. The van der Waals surface area contributed by atoms with E-state index in [4.69, 9.17) is 5.73 Å². The summed E-state index contributed by atoms with van der Waals surface area (Å²) in [6.45, 7) is 0.219. The van der Waals surface area contributed by atoms with Crippen molar-refractivity contribution in [3.05, 3.63) is 29.8 Å². The minimum atomic E-state index is -3.36. The normalized spacial score (nSPS) is 11.3. The topological polar surface area (TPSA) is 77.2 Å². The van der Waals surface area contributed by atoms with Crippen LogP contribution < -0.4 is 5.73 Å². The van der Waals surface area contributed by atoms with Crippen molar-refractivity contribution >= 4 is 15.6 Å². The fourth-order valence-electron chi connectivity index (χ4n) is 1.29. The molecule has 0 aliphatic carbocycles. The molecule has 0 aliphatic heterocycles. The fourth-order valence-corrected chi connectivity index (χ4v) is 2.19. The first-order valence-corrected chi connectivity index (χ1v) is 6.38. The summed E-state index contributed by atoms with van der Waals surface area (Å²) in [7, 11) is -3.36. The molecule has 0 saturated heterocycles. The highest BCUT2D eigenvalue weighted by molar-refractivity contribution is 7.90. The van der Waals surface area contributed by atoms with E-state index in [1.54, 1.807) is 12.1 Å². The van der Waals surface area contributed by atoms with Crippen LogP contribution in [0.15, 0.2) is 29.2 Å². The van der Waals surface area contributed by atoms with Gasteiger partial charge in [-0.25, -0.2) is 8.42 Å². The van der Waals surface area contributed by atoms with Gasteiger partial charge in [-0.1, -0.05) is 18.2 Å². The smallest absolute Gasteiger partial charge is 0.176 e. The molecule has 0 bridgehead atoms. The SMILES string of the molecule is CS(=O)(=O)c1ccccc1C(=O)CCN. The van der Waals surface area contributed by atoms with Crippen LogP contribution in [0.4, 0.5) is 0 Å². The van der Waals surface area contributed by atoms with E-state index < -0.39 is 9.84 Å². The molecule has 15 heavy (non-hydrogen) atoms. The molecule has 0 aromatic heterocycles. The van der Waals surface area contributed by atoms with Gasteiger partial charge in [-0.3, -0.25) is 4.79 Å². The van der Waals surface area contributed by atoms with Gasteiger partial charge in [-0.15, -0.1) is 0 Å². The molecular weight excluding hydrogens is 214 g/mol. The molecule has 1 rings (SSSR count). The van der Waals surface area contributed by atoms with Gasteiger partial charge in [0, 0.05) is 18.2 Å². The minimum absolute atomic E-state index is 0.0726. The van der Waals surface area contributed by atoms with Gasteiger partial charge in [-0.05, 0) is 12.6 Å². The molecule has 4 nitrogen and oxygen atoms in total. The summed E-state index contributed by atoms with van der Waals surface area (Å²) in [6, 6.07) is 6.17. The number of hydrogen-bond donors (Lipinski definition) is 1. The maximum absolute atomic E-state index is 11.6. The predicted octanol–water partition coefficient (Wildman–Crippen LogP) is 0.622. The standard InChI is InChI=1S/C10H13NO3S/c1-15(13,14)10-5-3-2-4-8(10)9(12)6-7-11/h2-5H,6-7,11H2,1H3. The van der Waals surface area contributed by atoms with Gasteiger partial charge >= 0.3 is 0 Å². The van der Waals surface area contributed by atoms with Gasteiger partial charge in [0.1, 0.15) is 0 Å². The Labute approximate surface area is 89.0 Å². The average molecular weight is 227 g/mol. The molecule has 0 heterocycles. The molecule has 0 atom stereocenters. The molecule has 0 fully saturated rings. The van der Waals surface area contributed by atoms with Crippen molar-refractivity contribution in [2.45, 2.75) is 11.3 Å². The average Bonchev–Trinajstić information content (AvgIpc) is 2.17. The summed E-state index contributed by atoms with van der Waals surface area (Å²) in [5, 5.41) is 0. The molecule has 2 N–H and O–H groups in total. The second-order valence-corrected chi connectivity index (χ2v) is 5.21. The summed E-state index contributed by atoms with van der Waals surface area (Å²) >= 11 is 0. The number of Topliss-reactive ketones (excluding diaryl/α,β-unsaturated/α-hetero) is 1. The zero-order valence-electron chi connectivity index (χ0n) is 8.43. The van der Waals surface area contributed by atoms with Crippen LogP contribution >= 0.6 is 0 Å². The summed E-state index contributed by atoms with van der Waals surface area (Å²) in [5.41, 5.74) is 5.48. The van der Waals surface area contributed by atoms with Gasteiger partial charge < -0.3 is 5.73 Å². The third-order valence-electron chi connectivity index (χ3n) is 1.96. The van der Waals surface area contributed by atoms with Crippen molar-refractivity contribution in [1.29, 1.82) is 0 Å². The Morgan fingerprint density at radius 1 is 1.33 bits per heavy atom. The van der Waals surface area contributed by atoms with Gasteiger partial charge in [0.15, 0.2) is 15.6 Å². The Kier molecular flexibility index (Phi) is 3.60. The maximum atomic E-state index is 11.6. The zero-order chi connectivity index (χ0) is 11.5. The van der Waals surface area contributed by atoms with Crippen LogP contribution in [0.5, 0.6) is 0 Å². The Hall–Kier alpha value is -1.20. The third-order valence-corrected chi connectivity index (χ3v) is 3.11. The number of sulfone groups is 1. The first-order valence-electron chi connectivity index (χ1n) is 4.49. The van der Waals surface area contributed by atoms with Crippen LogP contribution in [0.2, 0.25) is 0 Å². The number of hydrogen-bond acceptors (Lipinski definition) is 4. The molecule has 1 aromatic carbocycles. The maximum Gasteiger partial charge on any atom is 0.176 e. The molecule has 82 valence electrons. The van der Waals surface area contributed by atoms with E-state index in [2.05, 4.69) is 0 Å². The molecule has 0 aliphatic rings. The van der Waals surface area contributed by atoms with Gasteiger partial charge in [-0.2, -0.15) is 0 Å². The number of nitrogens with two attached hydrogens (primary N) is 1. The van der Waals surface area contributed by atoms with E-state index in [-0.39, 0.29) is 29.2 Å². The Balaban J connectivity index is 3.25. The summed E-state index contributed by atoms with van der Waals surface area (Å²) in [4.78, 5) is 11.6. The van der Waals surface area contributed by atoms with Crippen LogP contribution in [0, 0.1) is 0 Å². The van der Waals surface area contributed by atoms with Crippen LogP contribution in [0.3, 0.4) is 0 Å². The molecule has 0 unspecified atom stereocenters. The number of benzene rings is 1. The van der Waals surface area contributed by atoms with E-state index in [0.717, 1.165) is 6.26 Å². The first kappa shape index (κ1) is 11.9. The Bertz CT molecular complexity index is 465. The Morgan fingerprint density at radius 3 is 2.47 bits per heavy atom. The third kappa shape index (κ3) is 2.87. The largest absolute Gasteiger partial charge is 0.330 e. The lowest BCUT2D eigenvalue weighted by Crippen LogP contribution is -2.12. The number of ketones is 1. The highest BCUT2D eigenvalue weighted by Gasteiger charge is 2.16. The second kappa shape index (κ2) is 4.55. The number of carbonyl (C=O) groups is 1. The van der Waals surface area contributed by atoms with Crippen molar-refractivity contribution in [2.24, 2.45) is 5.73 Å². The predicted molar refractivity (Wildman–Crippen MR) is 57.6 cm³/mol. The van der Waals surface area contributed by atoms with Crippen LogP contribution in [-0.2, 0) is 9.84 Å². The van der Waals surface area contributed by atoms with E-state index >= 15 is 0 Å². The lowest BCUT2D eigenvalue weighted by Gasteiger charge is -2.05. The highest BCUT2D eigenvalue weighted by Crippen LogP contribution is 2.16. The van der Waals surface area contributed by atoms with E-state index in [1.807, 2.05) is 0 Å². The lowest BCUT2D eigenvalue weighted by molar-refractivity contribution is 0.0982. The summed E-state index contributed by atoms with van der Waals surface area (Å²) < 4.78 is 22.8. The molecule has 0 amide bonds. The summed E-state index contributed by atoms with van der Waals surface area (Å²) in [6.07, 6.45) is 1.24. The highest BCUT2D eigenvalue weighted by atomic mass is 32.2. The minimum Gasteiger partial charge on any atom is -0.330 e. The Morgan fingerprint density at radius 2 is 1.93 bits per heavy atom. The zero-order valence-corrected chi connectivity index (χ0v) is 9.25. The first-order chi connectivity index (χ1) is 6.96. The van der Waals surface area contributed by atoms with Crippen molar-refractivity contribution in [3.8, 4) is 0 Å². The van der Waals surface area contributed by atoms with Crippen molar-refractivity contribution in [2.75, 3.05) is 12.8 Å².